The van der Waals surface area contributed by atoms with Crippen LogP contribution in [0.3, 0.4) is 0 Å². The van der Waals surface area contributed by atoms with Gasteiger partial charge in [-0.05, 0) is 56.3 Å². The fourth-order valence-corrected chi connectivity index (χ4v) is 3.39. The molecule has 2 aromatic carbocycles. The predicted octanol–water partition coefficient (Wildman–Crippen LogP) is 4.71. The van der Waals surface area contributed by atoms with E-state index in [1.54, 1.807) is 17.2 Å². The van der Waals surface area contributed by atoms with Gasteiger partial charge in [0.15, 0.2) is 5.65 Å². The summed E-state index contributed by atoms with van der Waals surface area (Å²) in [5, 5.41) is 11.9. The van der Waals surface area contributed by atoms with Gasteiger partial charge in [-0.25, -0.2) is 24.6 Å². The molecule has 3 heterocycles. The summed E-state index contributed by atoms with van der Waals surface area (Å²) in [6.07, 6.45) is 3.32. The average Bonchev–Trinajstić information content (AvgIpc) is 3.20. The highest BCUT2D eigenvalue weighted by molar-refractivity contribution is 5.89. The second-order valence-corrected chi connectivity index (χ2v) is 7.15. The van der Waals surface area contributed by atoms with Gasteiger partial charge in [0, 0.05) is 22.8 Å². The third kappa shape index (κ3) is 3.91. The molecule has 5 rings (SSSR count). The summed E-state index contributed by atoms with van der Waals surface area (Å²) >= 11 is 0. The van der Waals surface area contributed by atoms with Crippen LogP contribution in [-0.4, -0.2) is 29.7 Å². The van der Waals surface area contributed by atoms with E-state index < -0.39 is 0 Å². The van der Waals surface area contributed by atoms with E-state index in [9.17, 15) is 0 Å². The Hall–Kier alpha value is -4.33. The summed E-state index contributed by atoms with van der Waals surface area (Å²) in [5.74, 6) is 1.29. The monoisotopic (exact) mass is 408 g/mol. The van der Waals surface area contributed by atoms with E-state index >= 15 is 0 Å². The average molecular weight is 408 g/mol. The maximum Gasteiger partial charge on any atom is 0.227 e. The summed E-state index contributed by atoms with van der Waals surface area (Å²) in [6.45, 7) is 3.91. The minimum atomic E-state index is 0.587. The molecule has 0 aliphatic heterocycles. The van der Waals surface area contributed by atoms with Crippen LogP contribution in [0.4, 0.5) is 23.1 Å². The van der Waals surface area contributed by atoms with Crippen LogP contribution in [0.2, 0.25) is 0 Å². The number of aryl methyl sites for hydroxylation is 2. The van der Waals surface area contributed by atoms with Crippen molar-refractivity contribution in [2.45, 2.75) is 13.8 Å². The number of anilines is 4. The molecule has 2 N–H and O–H groups in total. The number of hydrogen-bond acceptors (Lipinski definition) is 7. The van der Waals surface area contributed by atoms with Crippen LogP contribution in [0.5, 0.6) is 0 Å². The molecule has 5 aromatic rings. The minimum Gasteiger partial charge on any atom is -0.340 e. The van der Waals surface area contributed by atoms with E-state index in [2.05, 4.69) is 35.7 Å². The molecule has 0 saturated heterocycles. The van der Waals surface area contributed by atoms with E-state index in [0.717, 1.165) is 39.5 Å². The van der Waals surface area contributed by atoms with Gasteiger partial charge < -0.3 is 10.6 Å². The van der Waals surface area contributed by atoms with Crippen molar-refractivity contribution < 1.29 is 0 Å². The van der Waals surface area contributed by atoms with Gasteiger partial charge in [0.25, 0.3) is 0 Å². The Bertz CT molecular complexity index is 1320. The largest absolute Gasteiger partial charge is 0.340 e. The van der Waals surface area contributed by atoms with Crippen LogP contribution in [0.25, 0.3) is 16.7 Å². The van der Waals surface area contributed by atoms with Crippen molar-refractivity contribution in [3.8, 4) is 5.69 Å². The Morgan fingerprint density at radius 1 is 0.774 bits per heavy atom. The van der Waals surface area contributed by atoms with E-state index in [1.807, 2.05) is 74.5 Å². The molecule has 0 unspecified atom stereocenters. The van der Waals surface area contributed by atoms with Gasteiger partial charge >= 0.3 is 0 Å². The predicted molar refractivity (Wildman–Crippen MR) is 121 cm³/mol. The van der Waals surface area contributed by atoms with Crippen molar-refractivity contribution >= 4 is 34.2 Å². The lowest BCUT2D eigenvalue weighted by Crippen LogP contribution is -2.01. The van der Waals surface area contributed by atoms with Crippen molar-refractivity contribution in [1.82, 2.24) is 29.7 Å². The standard InChI is InChI=1S/C23H20N8/c1-15-12-16(2)28-23(27-15)30-18-10-8-17(9-11-18)29-21-20-13-26-31(22(20)25-14-24-21)19-6-4-3-5-7-19/h3-14H,1-2H3,(H,24,25,29)(H,27,28,30). The van der Waals surface area contributed by atoms with E-state index in [1.165, 1.54) is 0 Å². The quantitative estimate of drug-likeness (QED) is 0.435. The Morgan fingerprint density at radius 3 is 2.16 bits per heavy atom. The number of nitrogens with zero attached hydrogens (tertiary/aromatic N) is 6. The fraction of sp³-hybridized carbons (Fsp3) is 0.0870. The molecule has 8 heteroatoms. The van der Waals surface area contributed by atoms with Crippen LogP contribution in [0.1, 0.15) is 11.4 Å². The highest BCUT2D eigenvalue weighted by Crippen LogP contribution is 2.25. The van der Waals surface area contributed by atoms with Gasteiger partial charge in [-0.2, -0.15) is 5.10 Å². The molecule has 0 aliphatic rings. The van der Waals surface area contributed by atoms with Crippen molar-refractivity contribution in [3.05, 3.63) is 84.6 Å². The summed E-state index contributed by atoms with van der Waals surface area (Å²) in [4.78, 5) is 17.7. The third-order valence-electron chi connectivity index (χ3n) is 4.75. The first kappa shape index (κ1) is 18.7. The van der Waals surface area contributed by atoms with Crippen molar-refractivity contribution in [2.75, 3.05) is 10.6 Å². The SMILES string of the molecule is Cc1cc(C)nc(Nc2ccc(Nc3ncnc4c3cnn4-c3ccccc3)cc2)n1. The first-order valence-electron chi connectivity index (χ1n) is 9.86. The number of aromatic nitrogens is 6. The van der Waals surface area contributed by atoms with Gasteiger partial charge in [0.05, 0.1) is 17.3 Å². The van der Waals surface area contributed by atoms with Crippen LogP contribution >= 0.6 is 0 Å². The molecule has 31 heavy (non-hydrogen) atoms. The summed E-state index contributed by atoms with van der Waals surface area (Å²) < 4.78 is 1.80. The van der Waals surface area contributed by atoms with E-state index in [4.69, 9.17) is 0 Å². The van der Waals surface area contributed by atoms with Gasteiger partial charge in [-0.15, -0.1) is 0 Å². The molecule has 3 aromatic heterocycles. The van der Waals surface area contributed by atoms with Gasteiger partial charge in [0.2, 0.25) is 5.95 Å². The lowest BCUT2D eigenvalue weighted by atomic mass is 10.2. The second-order valence-electron chi connectivity index (χ2n) is 7.15. The highest BCUT2D eigenvalue weighted by Gasteiger charge is 2.11. The molecule has 0 radical (unpaired) electrons. The topological polar surface area (TPSA) is 93.4 Å². The number of hydrogen-bond donors (Lipinski definition) is 2. The summed E-state index contributed by atoms with van der Waals surface area (Å²) in [5.41, 5.74) is 5.36. The molecule has 152 valence electrons. The molecular weight excluding hydrogens is 388 g/mol. The van der Waals surface area contributed by atoms with Gasteiger partial charge in [-0.1, -0.05) is 18.2 Å². The Balaban J connectivity index is 1.38. The molecule has 0 bridgehead atoms. The lowest BCUT2D eigenvalue weighted by molar-refractivity contribution is 0.895. The zero-order valence-corrected chi connectivity index (χ0v) is 17.1. The number of para-hydroxylation sites is 1. The maximum atomic E-state index is 4.49. The second kappa shape index (κ2) is 7.83. The number of rotatable bonds is 5. The number of fused-ring (bicyclic) bond motifs is 1. The van der Waals surface area contributed by atoms with Crippen LogP contribution in [0, 0.1) is 13.8 Å². The van der Waals surface area contributed by atoms with E-state index in [0.29, 0.717) is 11.8 Å². The fourth-order valence-electron chi connectivity index (χ4n) is 3.39. The van der Waals surface area contributed by atoms with Crippen LogP contribution in [0.15, 0.2) is 73.2 Å². The smallest absolute Gasteiger partial charge is 0.227 e. The Labute approximate surface area is 179 Å². The third-order valence-corrected chi connectivity index (χ3v) is 4.75. The zero-order valence-electron chi connectivity index (χ0n) is 17.1. The first-order valence-corrected chi connectivity index (χ1v) is 9.86. The maximum absolute atomic E-state index is 4.49. The lowest BCUT2D eigenvalue weighted by Gasteiger charge is -2.09. The Kier molecular flexibility index (Phi) is 4.72. The van der Waals surface area contributed by atoms with Gasteiger partial charge in [0.1, 0.15) is 12.1 Å². The first-order chi connectivity index (χ1) is 15.2. The van der Waals surface area contributed by atoms with Gasteiger partial charge in [-0.3, -0.25) is 0 Å². The van der Waals surface area contributed by atoms with Crippen LogP contribution in [-0.2, 0) is 0 Å². The molecule has 0 amide bonds. The van der Waals surface area contributed by atoms with Crippen molar-refractivity contribution in [2.24, 2.45) is 0 Å². The molecule has 0 fully saturated rings. The number of nitrogens with one attached hydrogen (secondary N) is 2. The highest BCUT2D eigenvalue weighted by atomic mass is 15.3. The molecule has 0 saturated carbocycles. The molecule has 0 atom stereocenters. The van der Waals surface area contributed by atoms with Crippen LogP contribution < -0.4 is 10.6 Å². The minimum absolute atomic E-state index is 0.587. The number of benzene rings is 2. The summed E-state index contributed by atoms with van der Waals surface area (Å²) in [7, 11) is 0. The molecular formula is C23H20N8. The van der Waals surface area contributed by atoms with Crippen molar-refractivity contribution in [1.29, 1.82) is 0 Å². The van der Waals surface area contributed by atoms with Crippen molar-refractivity contribution in [3.63, 3.8) is 0 Å². The van der Waals surface area contributed by atoms with E-state index in [-0.39, 0.29) is 0 Å². The normalized spacial score (nSPS) is 10.9. The molecule has 8 nitrogen and oxygen atoms in total. The molecule has 0 aliphatic carbocycles. The summed E-state index contributed by atoms with van der Waals surface area (Å²) in [6, 6.07) is 19.7. The Morgan fingerprint density at radius 2 is 1.45 bits per heavy atom. The molecule has 0 spiro atoms. The zero-order chi connectivity index (χ0) is 21.2.